The molecule has 3 atom stereocenters. The number of rotatable bonds is 4. The van der Waals surface area contributed by atoms with E-state index in [1.54, 1.807) is 6.07 Å². The fourth-order valence-corrected chi connectivity index (χ4v) is 3.61. The first-order chi connectivity index (χ1) is 12.1. The summed E-state index contributed by atoms with van der Waals surface area (Å²) in [7, 11) is 1.35. The van der Waals surface area contributed by atoms with Gasteiger partial charge in [-0.15, -0.1) is 0 Å². The van der Waals surface area contributed by atoms with Crippen LogP contribution >= 0.6 is 11.6 Å². The number of ether oxygens (including phenoxy) is 2. The Labute approximate surface area is 152 Å². The average molecular weight is 369 g/mol. The van der Waals surface area contributed by atoms with Gasteiger partial charge in [0.15, 0.2) is 0 Å². The largest absolute Gasteiger partial charge is 0.465 e. The van der Waals surface area contributed by atoms with E-state index in [0.717, 1.165) is 32.4 Å². The minimum atomic E-state index is -0.449. The van der Waals surface area contributed by atoms with Gasteiger partial charge in [0.1, 0.15) is 17.6 Å². The van der Waals surface area contributed by atoms with Crippen molar-refractivity contribution in [2.45, 2.75) is 44.1 Å². The van der Waals surface area contributed by atoms with Crippen LogP contribution in [0.3, 0.4) is 0 Å². The Morgan fingerprint density at radius 2 is 2.24 bits per heavy atom. The molecule has 0 bridgehead atoms. The van der Waals surface area contributed by atoms with Crippen molar-refractivity contribution < 1.29 is 14.3 Å². The number of aromatic nitrogens is 1. The van der Waals surface area contributed by atoms with Gasteiger partial charge in [0, 0.05) is 25.3 Å². The smallest absolute Gasteiger partial charge is 0.341 e. The number of anilines is 1. The van der Waals surface area contributed by atoms with Crippen LogP contribution in [0.4, 0.5) is 5.82 Å². The number of pyridine rings is 1. The number of hydrogen-bond acceptors (Lipinski definition) is 7. The number of nitrogens with one attached hydrogen (secondary N) is 1. The molecular weight excluding hydrogens is 344 g/mol. The van der Waals surface area contributed by atoms with Crippen molar-refractivity contribution in [3.63, 3.8) is 0 Å². The molecule has 0 radical (unpaired) electrons. The third-order valence-corrected chi connectivity index (χ3v) is 4.98. The second kappa shape index (κ2) is 8.31. The van der Waals surface area contributed by atoms with Crippen molar-refractivity contribution in [2.75, 3.05) is 31.6 Å². The van der Waals surface area contributed by atoms with Crippen molar-refractivity contribution in [3.05, 3.63) is 22.8 Å². The van der Waals surface area contributed by atoms with E-state index in [1.807, 2.05) is 4.90 Å². The zero-order valence-electron chi connectivity index (χ0n) is 14.4. The highest BCUT2D eigenvalue weighted by molar-refractivity contribution is 6.30. The summed E-state index contributed by atoms with van der Waals surface area (Å²) in [5, 5.41) is 3.77. The maximum absolute atomic E-state index is 12.1. The van der Waals surface area contributed by atoms with Gasteiger partial charge in [-0.2, -0.15) is 0 Å². The van der Waals surface area contributed by atoms with Gasteiger partial charge in [-0.05, 0) is 18.9 Å². The minimum Gasteiger partial charge on any atom is -0.465 e. The van der Waals surface area contributed by atoms with Crippen molar-refractivity contribution in [3.8, 4) is 0 Å². The van der Waals surface area contributed by atoms with Gasteiger partial charge in [-0.25, -0.2) is 9.78 Å². The lowest BCUT2D eigenvalue weighted by atomic mass is 9.93. The summed E-state index contributed by atoms with van der Waals surface area (Å²) in [6.07, 6.45) is 5.79. The number of carbonyl (C=O) groups excluding carboxylic acids is 1. The van der Waals surface area contributed by atoms with Crippen LogP contribution in [-0.2, 0) is 9.47 Å². The number of carbonyl (C=O) groups is 1. The average Bonchev–Trinajstić information content (AvgIpc) is 2.63. The third kappa shape index (κ3) is 4.41. The highest BCUT2D eigenvalue weighted by atomic mass is 35.5. The van der Waals surface area contributed by atoms with E-state index in [0.29, 0.717) is 22.9 Å². The summed E-state index contributed by atoms with van der Waals surface area (Å²) in [6.45, 7) is 2.04. The molecule has 7 nitrogen and oxygen atoms in total. The van der Waals surface area contributed by atoms with E-state index in [4.69, 9.17) is 26.8 Å². The maximum Gasteiger partial charge on any atom is 0.341 e. The molecule has 0 spiro atoms. The standard InChI is InChI=1S/C17H25ClN4O3/c1-24-17(23)12-8-11(18)9-21-16(12)22-7-6-20-15(10-22)25-14-5-3-2-4-13(14)19/h8-9,13-15,20H,2-7,10,19H2,1H3. The lowest BCUT2D eigenvalue weighted by molar-refractivity contribution is -0.0549. The van der Waals surface area contributed by atoms with Crippen LogP contribution in [0.15, 0.2) is 12.3 Å². The fraction of sp³-hybridized carbons (Fsp3) is 0.647. The molecule has 8 heteroatoms. The highest BCUT2D eigenvalue weighted by Gasteiger charge is 2.30. The molecule has 0 amide bonds. The van der Waals surface area contributed by atoms with Crippen LogP contribution in [0.1, 0.15) is 36.0 Å². The van der Waals surface area contributed by atoms with E-state index in [2.05, 4.69) is 10.3 Å². The van der Waals surface area contributed by atoms with E-state index in [1.165, 1.54) is 19.7 Å². The number of nitrogens with zero attached hydrogens (tertiary/aromatic N) is 2. The first-order valence-corrected chi connectivity index (χ1v) is 9.09. The zero-order chi connectivity index (χ0) is 17.8. The van der Waals surface area contributed by atoms with Gasteiger partial charge in [0.2, 0.25) is 0 Å². The molecule has 2 heterocycles. The third-order valence-electron chi connectivity index (χ3n) is 4.77. The van der Waals surface area contributed by atoms with Crippen LogP contribution in [0, 0.1) is 0 Å². The molecule has 3 rings (SSSR count). The van der Waals surface area contributed by atoms with E-state index < -0.39 is 5.97 Å². The van der Waals surface area contributed by atoms with E-state index in [-0.39, 0.29) is 18.4 Å². The lowest BCUT2D eigenvalue weighted by Gasteiger charge is -2.38. The van der Waals surface area contributed by atoms with Crippen molar-refractivity contribution in [1.29, 1.82) is 0 Å². The molecule has 2 aliphatic rings. The Morgan fingerprint density at radius 1 is 1.44 bits per heavy atom. The summed E-state index contributed by atoms with van der Waals surface area (Å²) >= 11 is 5.99. The van der Waals surface area contributed by atoms with Crippen LogP contribution in [0.5, 0.6) is 0 Å². The fourth-order valence-electron chi connectivity index (χ4n) is 3.45. The van der Waals surface area contributed by atoms with Crippen molar-refractivity contribution in [1.82, 2.24) is 10.3 Å². The van der Waals surface area contributed by atoms with Crippen LogP contribution in [0.25, 0.3) is 0 Å². The number of nitrogens with two attached hydrogens (primary N) is 1. The zero-order valence-corrected chi connectivity index (χ0v) is 15.2. The second-order valence-corrected chi connectivity index (χ2v) is 6.96. The Morgan fingerprint density at radius 3 is 3.00 bits per heavy atom. The first kappa shape index (κ1) is 18.4. The van der Waals surface area contributed by atoms with Gasteiger partial charge in [-0.1, -0.05) is 24.4 Å². The first-order valence-electron chi connectivity index (χ1n) is 8.71. The summed E-state index contributed by atoms with van der Waals surface area (Å²) < 4.78 is 11.1. The quantitative estimate of drug-likeness (QED) is 0.779. The van der Waals surface area contributed by atoms with E-state index in [9.17, 15) is 4.79 Å². The molecule has 0 aromatic carbocycles. The predicted molar refractivity (Wildman–Crippen MR) is 95.9 cm³/mol. The molecule has 1 aliphatic carbocycles. The summed E-state index contributed by atoms with van der Waals surface area (Å²) in [5.74, 6) is 0.120. The predicted octanol–water partition coefficient (Wildman–Crippen LogP) is 1.54. The van der Waals surface area contributed by atoms with Gasteiger partial charge in [-0.3, -0.25) is 5.32 Å². The molecule has 1 saturated heterocycles. The van der Waals surface area contributed by atoms with Gasteiger partial charge >= 0.3 is 5.97 Å². The molecular formula is C17H25ClN4O3. The molecule has 1 aliphatic heterocycles. The van der Waals surface area contributed by atoms with Crippen molar-refractivity contribution >= 4 is 23.4 Å². The van der Waals surface area contributed by atoms with Gasteiger partial charge in [0.25, 0.3) is 0 Å². The monoisotopic (exact) mass is 368 g/mol. The summed E-state index contributed by atoms with van der Waals surface area (Å²) in [4.78, 5) is 18.4. The Kier molecular flexibility index (Phi) is 6.11. The molecule has 3 unspecified atom stereocenters. The number of methoxy groups -OCH3 is 1. The number of halogens is 1. The number of esters is 1. The van der Waals surface area contributed by atoms with Gasteiger partial charge in [0.05, 0.1) is 24.8 Å². The van der Waals surface area contributed by atoms with Crippen molar-refractivity contribution in [2.24, 2.45) is 5.73 Å². The topological polar surface area (TPSA) is 89.7 Å². The molecule has 2 fully saturated rings. The molecule has 3 N–H and O–H groups in total. The van der Waals surface area contributed by atoms with Gasteiger partial charge < -0.3 is 20.1 Å². The van der Waals surface area contributed by atoms with Crippen LogP contribution < -0.4 is 16.0 Å². The summed E-state index contributed by atoms with van der Waals surface area (Å²) in [6, 6.07) is 1.68. The Hall–Kier alpha value is -1.41. The minimum absolute atomic E-state index is 0.0736. The molecule has 1 aromatic heterocycles. The molecule has 25 heavy (non-hydrogen) atoms. The van der Waals surface area contributed by atoms with Crippen LogP contribution in [0.2, 0.25) is 5.02 Å². The Balaban J connectivity index is 1.72. The second-order valence-electron chi connectivity index (χ2n) is 6.53. The number of piperazine rings is 1. The molecule has 1 saturated carbocycles. The highest BCUT2D eigenvalue weighted by Crippen LogP contribution is 2.25. The SMILES string of the molecule is COC(=O)c1cc(Cl)cnc1N1CCNC(OC2CCCCC2N)C1. The lowest BCUT2D eigenvalue weighted by Crippen LogP contribution is -2.55. The Bertz CT molecular complexity index is 616. The maximum atomic E-state index is 12.1. The normalized spacial score (nSPS) is 27.2. The van der Waals surface area contributed by atoms with E-state index >= 15 is 0 Å². The molecule has 1 aromatic rings. The molecule has 138 valence electrons. The number of hydrogen-bond donors (Lipinski definition) is 2. The van der Waals surface area contributed by atoms with Crippen LogP contribution in [-0.4, -0.2) is 56.1 Å². The summed E-state index contributed by atoms with van der Waals surface area (Å²) in [5.41, 5.74) is 6.55.